The number of fused-ring (bicyclic) bond motifs is 6. The molecule has 2 saturated heterocycles. The molecule has 4 heterocycles. The molecule has 0 aliphatic carbocycles. The molecule has 0 bridgehead atoms. The van der Waals surface area contributed by atoms with Crippen LogP contribution in [-0.4, -0.2) is 110 Å². The Labute approximate surface area is 418 Å². The van der Waals surface area contributed by atoms with E-state index in [1.165, 1.54) is 14.0 Å². The summed E-state index contributed by atoms with van der Waals surface area (Å²) in [5.41, 5.74) is 0.812. The first-order valence-corrected chi connectivity index (χ1v) is 23.3. The summed E-state index contributed by atoms with van der Waals surface area (Å²) in [4.78, 5) is 77.9. The number of aliphatic hydroxyl groups excluding tert-OH is 1. The highest BCUT2D eigenvalue weighted by Crippen LogP contribution is 2.58. The van der Waals surface area contributed by atoms with E-state index in [2.05, 4.69) is 0 Å². The van der Waals surface area contributed by atoms with Gasteiger partial charge in [0.15, 0.2) is 18.0 Å². The Bertz CT molecular complexity index is 2890. The number of ether oxygens (including phenoxy) is 12. The van der Waals surface area contributed by atoms with Crippen molar-refractivity contribution >= 4 is 35.8 Å². The van der Waals surface area contributed by atoms with Crippen LogP contribution in [0.2, 0.25) is 0 Å². The molecule has 2 unspecified atom stereocenters. The van der Waals surface area contributed by atoms with E-state index < -0.39 is 110 Å². The number of esters is 6. The fourth-order valence-electron chi connectivity index (χ4n) is 9.43. The second-order valence-corrected chi connectivity index (χ2v) is 17.4. The Balaban J connectivity index is 1.09. The molecule has 1 N–H and O–H groups in total. The summed E-state index contributed by atoms with van der Waals surface area (Å²) in [6.45, 7) is 1.87. The number of hydrogen-bond donors (Lipinski definition) is 1. The molecule has 0 radical (unpaired) electrons. The summed E-state index contributed by atoms with van der Waals surface area (Å²) in [6.07, 6.45) is -10.8. The third-order valence-corrected chi connectivity index (χ3v) is 12.6. The van der Waals surface area contributed by atoms with Crippen LogP contribution >= 0.6 is 0 Å². The molecule has 380 valence electrons. The van der Waals surface area contributed by atoms with E-state index in [9.17, 15) is 33.9 Å². The first-order valence-electron chi connectivity index (χ1n) is 23.3. The Morgan fingerprint density at radius 2 is 1.26 bits per heavy atom. The number of rotatable bonds is 15. The van der Waals surface area contributed by atoms with Crippen molar-refractivity contribution in [3.63, 3.8) is 0 Å². The van der Waals surface area contributed by atoms with Gasteiger partial charge in [-0.25, -0.2) is 14.4 Å². The number of methoxy groups -OCH3 is 1. The Morgan fingerprint density at radius 1 is 0.644 bits per heavy atom. The van der Waals surface area contributed by atoms with Gasteiger partial charge in [0, 0.05) is 56.4 Å². The average molecular weight is 1000 g/mol. The van der Waals surface area contributed by atoms with Crippen LogP contribution in [-0.2, 0) is 69.2 Å². The Hall–Kier alpha value is -7.84. The predicted molar refractivity (Wildman–Crippen MR) is 249 cm³/mol. The van der Waals surface area contributed by atoms with Crippen molar-refractivity contribution in [2.75, 3.05) is 20.3 Å². The van der Waals surface area contributed by atoms with Gasteiger partial charge in [-0.1, -0.05) is 54.6 Å². The van der Waals surface area contributed by atoms with E-state index >= 15 is 0 Å². The lowest BCUT2D eigenvalue weighted by Crippen LogP contribution is -2.59. The van der Waals surface area contributed by atoms with E-state index in [1.54, 1.807) is 115 Å². The van der Waals surface area contributed by atoms with Crippen LogP contribution in [0.25, 0.3) is 0 Å². The largest absolute Gasteiger partial charge is 0.497 e. The van der Waals surface area contributed by atoms with Gasteiger partial charge in [0.2, 0.25) is 6.29 Å². The van der Waals surface area contributed by atoms with Crippen molar-refractivity contribution in [1.29, 1.82) is 0 Å². The second kappa shape index (κ2) is 21.5. The van der Waals surface area contributed by atoms with Crippen LogP contribution in [0.5, 0.6) is 23.0 Å². The lowest BCUT2D eigenvalue weighted by atomic mass is 9.77. The number of carbonyl (C=O) groups excluding carboxylic acids is 6. The predicted octanol–water partition coefficient (Wildman–Crippen LogP) is 6.26. The lowest BCUT2D eigenvalue weighted by Gasteiger charge is -2.45. The summed E-state index contributed by atoms with van der Waals surface area (Å²) in [7, 11) is 1.50. The van der Waals surface area contributed by atoms with Crippen LogP contribution in [0.1, 0.15) is 86.9 Å². The summed E-state index contributed by atoms with van der Waals surface area (Å²) in [6, 6.07) is 31.6. The number of hydrogen-bond acceptors (Lipinski definition) is 19. The lowest BCUT2D eigenvalue weighted by molar-refractivity contribution is -0.314. The maximum atomic E-state index is 14.0. The molecule has 4 aliphatic heterocycles. The average Bonchev–Trinajstić information content (AvgIpc) is 3.68. The molecule has 5 aromatic carbocycles. The van der Waals surface area contributed by atoms with E-state index in [-0.39, 0.29) is 46.8 Å². The highest BCUT2D eigenvalue weighted by molar-refractivity contribution is 5.97. The topological polar surface area (TPSA) is 233 Å². The van der Waals surface area contributed by atoms with Gasteiger partial charge in [-0.2, -0.15) is 0 Å². The van der Waals surface area contributed by atoms with E-state index in [4.69, 9.17) is 56.8 Å². The van der Waals surface area contributed by atoms with Gasteiger partial charge in [-0.15, -0.1) is 0 Å². The maximum absolute atomic E-state index is 14.0. The van der Waals surface area contributed by atoms with Crippen LogP contribution in [0.15, 0.2) is 115 Å². The monoisotopic (exact) mass is 1000 g/mol. The highest BCUT2D eigenvalue weighted by Gasteiger charge is 2.55. The maximum Gasteiger partial charge on any atom is 0.340 e. The van der Waals surface area contributed by atoms with Crippen molar-refractivity contribution in [2.45, 2.75) is 95.0 Å². The minimum absolute atomic E-state index is 0.0579. The van der Waals surface area contributed by atoms with Crippen LogP contribution in [0.4, 0.5) is 0 Å². The van der Waals surface area contributed by atoms with Gasteiger partial charge >= 0.3 is 35.8 Å². The fourth-order valence-corrected chi connectivity index (χ4v) is 9.43. The molecule has 0 aromatic heterocycles. The molecular weight excluding hydrogens is 953 g/mol. The summed E-state index contributed by atoms with van der Waals surface area (Å²) < 4.78 is 73.0. The Morgan fingerprint density at radius 3 is 1.95 bits per heavy atom. The van der Waals surface area contributed by atoms with Gasteiger partial charge in [0.25, 0.3) is 0 Å². The van der Waals surface area contributed by atoms with E-state index in [0.717, 1.165) is 13.8 Å². The molecule has 73 heavy (non-hydrogen) atoms. The third kappa shape index (κ3) is 10.4. The zero-order valence-electron chi connectivity index (χ0n) is 39.9. The molecule has 19 heteroatoms. The molecule has 19 nitrogen and oxygen atoms in total. The molecular formula is C54H50O19. The first-order chi connectivity index (χ1) is 35.3. The van der Waals surface area contributed by atoms with E-state index in [0.29, 0.717) is 28.0 Å². The molecule has 2 fully saturated rings. The smallest absolute Gasteiger partial charge is 0.340 e. The van der Waals surface area contributed by atoms with Crippen LogP contribution in [0, 0.1) is 0 Å². The summed E-state index contributed by atoms with van der Waals surface area (Å²) in [5.74, 6) is -3.30. The second-order valence-electron chi connectivity index (χ2n) is 17.4. The number of aliphatic hydroxyl groups is 1. The molecule has 9 atom stereocenters. The standard InChI is InChI=1S/C54H50O19/c1-29(56)63-27-44-49(66-31(3)58)42(65-30(2)57)24-47(69-44)72-50-43(71-52(60)33-15-9-6-10-16-33)25-46(68-45(50)28-64-51(59)32-13-7-5-8-14-32)67-40-22-21-39-48(36(40)26-55)70-41-23-34(62-4)19-20-38(41)54(39)37-18-12-11-17-35(37)53(61)73-54/h5-23,42-47,49-50,55H,24-28H2,1-4H3/t42-,43-,44-,45-,46?,47-,49-,50-,54?/m1/s1. The zero-order chi connectivity index (χ0) is 51.4. The normalized spacial score (nSPS) is 24.5. The third-order valence-electron chi connectivity index (χ3n) is 12.6. The Kier molecular flexibility index (Phi) is 14.7. The minimum atomic E-state index is -1.51. The van der Waals surface area contributed by atoms with Gasteiger partial charge in [-0.05, 0) is 54.6 Å². The van der Waals surface area contributed by atoms with E-state index in [1.807, 2.05) is 0 Å². The van der Waals surface area contributed by atoms with Crippen molar-refractivity contribution in [1.82, 2.24) is 0 Å². The highest BCUT2D eigenvalue weighted by atomic mass is 16.7. The van der Waals surface area contributed by atoms with Gasteiger partial charge in [0.1, 0.15) is 66.7 Å². The van der Waals surface area contributed by atoms with Crippen molar-refractivity contribution in [3.8, 4) is 23.0 Å². The quantitative estimate of drug-likeness (QED) is 0.0900. The summed E-state index contributed by atoms with van der Waals surface area (Å²) >= 11 is 0. The molecule has 9 rings (SSSR count). The SMILES string of the molecule is COc1ccc2c(c1)Oc1c(ccc(OC3C[C@@H](OC(=O)c4ccccc4)[C@@H](O[C@@H]4C[C@@H](OC(C)=O)[C@@H](OC(C)=O)[C@@H](COC(C)=O)O4)[C@@H](COC(=O)c4ccccc4)O3)c1CO)C21OC(=O)c2ccccc21. The minimum Gasteiger partial charge on any atom is -0.497 e. The van der Waals surface area contributed by atoms with Crippen LogP contribution < -0.4 is 14.2 Å². The molecule has 5 aromatic rings. The first kappa shape index (κ1) is 50.1. The summed E-state index contributed by atoms with van der Waals surface area (Å²) in [5, 5.41) is 11.2. The van der Waals surface area contributed by atoms with Crippen molar-refractivity contribution in [3.05, 3.63) is 154 Å². The van der Waals surface area contributed by atoms with Crippen LogP contribution in [0.3, 0.4) is 0 Å². The van der Waals surface area contributed by atoms with Gasteiger partial charge in [-0.3, -0.25) is 14.4 Å². The molecule has 0 saturated carbocycles. The number of benzene rings is 5. The number of carbonyl (C=O) groups is 6. The fraction of sp³-hybridized carbons (Fsp3) is 0.333. The molecule has 1 spiro atoms. The zero-order valence-corrected chi connectivity index (χ0v) is 39.9. The molecule has 4 aliphatic rings. The van der Waals surface area contributed by atoms with Gasteiger partial charge < -0.3 is 61.9 Å². The van der Waals surface area contributed by atoms with Gasteiger partial charge in [0.05, 0.1) is 36.0 Å². The van der Waals surface area contributed by atoms with Crippen molar-refractivity contribution < 1.29 is 90.7 Å². The van der Waals surface area contributed by atoms with Crippen molar-refractivity contribution in [2.24, 2.45) is 0 Å². The molecule has 0 amide bonds.